The molecule has 0 saturated heterocycles. The number of hydrogen-bond acceptors (Lipinski definition) is 4. The molecule has 2 aromatic carbocycles. The minimum absolute atomic E-state index is 0.0966. The number of aromatic nitrogens is 1. The van der Waals surface area contributed by atoms with Gasteiger partial charge in [-0.05, 0) is 39.7 Å². The van der Waals surface area contributed by atoms with Crippen molar-refractivity contribution < 1.29 is 5.11 Å². The van der Waals surface area contributed by atoms with Gasteiger partial charge in [0.1, 0.15) is 5.75 Å². The molecule has 0 aliphatic heterocycles. The zero-order valence-electron chi connectivity index (χ0n) is 16.4. The van der Waals surface area contributed by atoms with E-state index in [2.05, 4.69) is 71.9 Å². The highest BCUT2D eigenvalue weighted by molar-refractivity contribution is 8.00. The number of para-hydroxylation sites is 1. The summed E-state index contributed by atoms with van der Waals surface area (Å²) in [6.45, 7) is 12.9. The van der Waals surface area contributed by atoms with Gasteiger partial charge in [-0.2, -0.15) is 0 Å². The van der Waals surface area contributed by atoms with Gasteiger partial charge in [0.05, 0.1) is 10.2 Å². The van der Waals surface area contributed by atoms with Crippen molar-refractivity contribution >= 4 is 33.3 Å². The maximum atomic E-state index is 10.8. The van der Waals surface area contributed by atoms with Gasteiger partial charge in [-0.25, -0.2) is 4.98 Å². The molecule has 1 aromatic heterocycles. The quantitative estimate of drug-likeness (QED) is 0.498. The van der Waals surface area contributed by atoms with Gasteiger partial charge in [-0.3, -0.25) is 0 Å². The fraction of sp³-hybridized carbons (Fsp3) is 0.409. The first kappa shape index (κ1) is 19.2. The summed E-state index contributed by atoms with van der Waals surface area (Å²) in [5.74, 6) is 1.30. The first-order chi connectivity index (χ1) is 12.1. The number of phenols is 1. The average Bonchev–Trinajstić information content (AvgIpc) is 2.94. The van der Waals surface area contributed by atoms with Crippen molar-refractivity contribution in [1.29, 1.82) is 0 Å². The van der Waals surface area contributed by atoms with Crippen LogP contribution in [0, 0.1) is 0 Å². The Morgan fingerprint density at radius 2 is 1.54 bits per heavy atom. The first-order valence-electron chi connectivity index (χ1n) is 8.91. The summed E-state index contributed by atoms with van der Waals surface area (Å²) in [5.41, 5.74) is 4.15. The Morgan fingerprint density at radius 1 is 0.962 bits per heavy atom. The van der Waals surface area contributed by atoms with Crippen molar-refractivity contribution in [2.24, 2.45) is 0 Å². The van der Waals surface area contributed by atoms with Crippen LogP contribution in [0.3, 0.4) is 0 Å². The van der Waals surface area contributed by atoms with Gasteiger partial charge in [0.15, 0.2) is 4.34 Å². The van der Waals surface area contributed by atoms with Crippen LogP contribution in [-0.2, 0) is 16.6 Å². The molecule has 1 heterocycles. The molecule has 0 fully saturated rings. The third kappa shape index (κ3) is 4.07. The van der Waals surface area contributed by atoms with Crippen molar-refractivity contribution in [2.75, 3.05) is 0 Å². The van der Waals surface area contributed by atoms with Gasteiger partial charge in [0, 0.05) is 5.75 Å². The molecule has 26 heavy (non-hydrogen) atoms. The van der Waals surface area contributed by atoms with E-state index in [0.29, 0.717) is 5.75 Å². The van der Waals surface area contributed by atoms with Crippen molar-refractivity contribution in [3.63, 3.8) is 0 Å². The molecular formula is C22H27NOS2. The van der Waals surface area contributed by atoms with Gasteiger partial charge in [0.2, 0.25) is 0 Å². The van der Waals surface area contributed by atoms with E-state index in [4.69, 9.17) is 4.98 Å². The summed E-state index contributed by atoms with van der Waals surface area (Å²) in [6.07, 6.45) is 0. The minimum atomic E-state index is -0.0966. The summed E-state index contributed by atoms with van der Waals surface area (Å²) in [7, 11) is 0. The zero-order chi connectivity index (χ0) is 19.1. The number of rotatable bonds is 3. The average molecular weight is 386 g/mol. The number of aromatic hydroxyl groups is 1. The van der Waals surface area contributed by atoms with Gasteiger partial charge in [-0.1, -0.05) is 77.6 Å². The summed E-state index contributed by atoms with van der Waals surface area (Å²) < 4.78 is 2.32. The fourth-order valence-corrected chi connectivity index (χ4v) is 4.98. The largest absolute Gasteiger partial charge is 0.507 e. The molecule has 0 saturated carbocycles. The maximum Gasteiger partial charge on any atom is 0.151 e. The molecule has 4 heteroatoms. The Labute approximate surface area is 164 Å². The monoisotopic (exact) mass is 385 g/mol. The second kappa shape index (κ2) is 6.90. The molecule has 0 atom stereocenters. The van der Waals surface area contributed by atoms with Gasteiger partial charge >= 0.3 is 0 Å². The topological polar surface area (TPSA) is 33.1 Å². The molecule has 2 nitrogen and oxygen atoms in total. The van der Waals surface area contributed by atoms with Gasteiger partial charge < -0.3 is 5.11 Å². The van der Waals surface area contributed by atoms with E-state index >= 15 is 0 Å². The third-order valence-electron chi connectivity index (χ3n) is 4.42. The Balaban J connectivity index is 1.93. The SMILES string of the molecule is CC(C)(C)c1cc(CSc2nc3ccccc3s2)cc(C(C)(C)C)c1O. The number of nitrogens with zero attached hydrogens (tertiary/aromatic N) is 1. The molecule has 0 amide bonds. The van der Waals surface area contributed by atoms with Crippen LogP contribution in [-0.4, -0.2) is 10.1 Å². The Kier molecular flexibility index (Phi) is 5.11. The molecule has 0 radical (unpaired) electrons. The lowest BCUT2D eigenvalue weighted by molar-refractivity contribution is 0.423. The van der Waals surface area contributed by atoms with Crippen LogP contribution >= 0.6 is 23.1 Å². The summed E-state index contributed by atoms with van der Waals surface area (Å²) in [6, 6.07) is 12.6. The molecular weight excluding hydrogens is 358 g/mol. The van der Waals surface area contributed by atoms with Crippen molar-refractivity contribution in [3.05, 3.63) is 53.1 Å². The van der Waals surface area contributed by atoms with E-state index in [1.54, 1.807) is 23.1 Å². The normalized spacial score (nSPS) is 12.7. The number of thioether (sulfide) groups is 1. The number of phenolic OH excluding ortho intramolecular Hbond substituents is 1. The number of thiazole rings is 1. The van der Waals surface area contributed by atoms with Gasteiger partial charge in [0.25, 0.3) is 0 Å². The van der Waals surface area contributed by atoms with E-state index in [9.17, 15) is 5.11 Å². The molecule has 3 rings (SSSR count). The van der Waals surface area contributed by atoms with E-state index in [1.807, 2.05) is 6.07 Å². The Bertz CT molecular complexity index is 861. The highest BCUT2D eigenvalue weighted by Crippen LogP contribution is 2.41. The Morgan fingerprint density at radius 3 is 2.08 bits per heavy atom. The predicted molar refractivity (Wildman–Crippen MR) is 115 cm³/mol. The predicted octanol–water partition coefficient (Wildman–Crippen LogP) is 6.89. The lowest BCUT2D eigenvalue weighted by Gasteiger charge is -2.28. The van der Waals surface area contributed by atoms with Crippen LogP contribution in [0.2, 0.25) is 0 Å². The molecule has 1 N–H and O–H groups in total. The summed E-state index contributed by atoms with van der Waals surface area (Å²) in [5, 5.41) is 10.8. The molecule has 138 valence electrons. The summed E-state index contributed by atoms with van der Waals surface area (Å²) >= 11 is 3.51. The number of hydrogen-bond donors (Lipinski definition) is 1. The first-order valence-corrected chi connectivity index (χ1v) is 10.7. The van der Waals surface area contributed by atoms with Gasteiger partial charge in [-0.15, -0.1) is 11.3 Å². The zero-order valence-corrected chi connectivity index (χ0v) is 18.0. The molecule has 0 aliphatic carbocycles. The lowest BCUT2D eigenvalue weighted by Crippen LogP contribution is -2.17. The highest BCUT2D eigenvalue weighted by Gasteiger charge is 2.26. The van der Waals surface area contributed by atoms with Crippen LogP contribution in [0.4, 0.5) is 0 Å². The molecule has 0 bridgehead atoms. The van der Waals surface area contributed by atoms with Crippen molar-refractivity contribution in [1.82, 2.24) is 4.98 Å². The van der Waals surface area contributed by atoms with E-state index in [0.717, 1.165) is 26.7 Å². The molecule has 0 unspecified atom stereocenters. The van der Waals surface area contributed by atoms with Crippen LogP contribution < -0.4 is 0 Å². The fourth-order valence-electron chi connectivity index (χ4n) is 2.98. The lowest BCUT2D eigenvalue weighted by atomic mass is 9.78. The Hall–Kier alpha value is -1.52. The highest BCUT2D eigenvalue weighted by atomic mass is 32.2. The third-order valence-corrected chi connectivity index (χ3v) is 6.67. The van der Waals surface area contributed by atoms with Crippen LogP contribution in [0.25, 0.3) is 10.2 Å². The van der Waals surface area contributed by atoms with Crippen LogP contribution in [0.5, 0.6) is 5.75 Å². The molecule has 3 aromatic rings. The van der Waals surface area contributed by atoms with Crippen LogP contribution in [0.15, 0.2) is 40.7 Å². The molecule has 0 spiro atoms. The smallest absolute Gasteiger partial charge is 0.151 e. The number of fused-ring (bicyclic) bond motifs is 1. The summed E-state index contributed by atoms with van der Waals surface area (Å²) in [4.78, 5) is 4.72. The van der Waals surface area contributed by atoms with E-state index in [-0.39, 0.29) is 10.8 Å². The second-order valence-electron chi connectivity index (χ2n) is 8.78. The maximum absolute atomic E-state index is 10.8. The van der Waals surface area contributed by atoms with Crippen LogP contribution in [0.1, 0.15) is 58.2 Å². The minimum Gasteiger partial charge on any atom is -0.507 e. The van der Waals surface area contributed by atoms with Crippen molar-refractivity contribution in [3.8, 4) is 5.75 Å². The standard InChI is InChI=1S/C22H27NOS2/c1-21(2,3)15-11-14(12-16(19(15)24)22(4,5)6)13-25-20-23-17-9-7-8-10-18(17)26-20/h7-12,24H,13H2,1-6H3. The van der Waals surface area contributed by atoms with Crippen molar-refractivity contribution in [2.45, 2.75) is 62.5 Å². The van der Waals surface area contributed by atoms with E-state index in [1.165, 1.54) is 10.3 Å². The van der Waals surface area contributed by atoms with E-state index < -0.39 is 0 Å². The second-order valence-corrected chi connectivity index (χ2v) is 11.0. The molecule has 0 aliphatic rings. The number of benzene rings is 2.